The lowest BCUT2D eigenvalue weighted by Crippen LogP contribution is -2.34. The van der Waals surface area contributed by atoms with E-state index in [0.717, 1.165) is 25.2 Å². The molecule has 2 heteroatoms. The molecule has 0 saturated heterocycles. The molecule has 1 rings (SSSR count). The lowest BCUT2D eigenvalue weighted by atomic mass is 10.1. The maximum atomic E-state index is 5.68. The van der Waals surface area contributed by atoms with E-state index in [4.69, 9.17) is 5.73 Å². The molecular formula is C15H22N2. The number of hydrogen-bond donors (Lipinski definition) is 1. The Labute approximate surface area is 104 Å². The molecule has 92 valence electrons. The van der Waals surface area contributed by atoms with Crippen molar-refractivity contribution in [1.29, 1.82) is 0 Å². The Morgan fingerprint density at radius 1 is 1.18 bits per heavy atom. The van der Waals surface area contributed by atoms with Gasteiger partial charge in [0.2, 0.25) is 0 Å². The third-order valence-corrected chi connectivity index (χ3v) is 2.86. The number of nitrogen functional groups attached to an aromatic ring is 1. The summed E-state index contributed by atoms with van der Waals surface area (Å²) in [5, 5.41) is 0. The van der Waals surface area contributed by atoms with E-state index < -0.39 is 0 Å². The van der Waals surface area contributed by atoms with Crippen molar-refractivity contribution in [3.8, 4) is 0 Å². The molecule has 0 heterocycles. The minimum Gasteiger partial charge on any atom is -0.399 e. The fraction of sp³-hybridized carbons (Fsp3) is 0.333. The van der Waals surface area contributed by atoms with E-state index in [9.17, 15) is 0 Å². The van der Waals surface area contributed by atoms with Gasteiger partial charge < -0.3 is 5.73 Å². The average molecular weight is 230 g/mol. The smallest absolute Gasteiger partial charge is 0.0314 e. The van der Waals surface area contributed by atoms with Gasteiger partial charge in [0.05, 0.1) is 0 Å². The Kier molecular flexibility index (Phi) is 5.50. The van der Waals surface area contributed by atoms with Crippen molar-refractivity contribution in [3.63, 3.8) is 0 Å². The first kappa shape index (κ1) is 13.5. The minimum absolute atomic E-state index is 0.467. The van der Waals surface area contributed by atoms with Gasteiger partial charge in [0.1, 0.15) is 0 Å². The first-order chi connectivity index (χ1) is 8.17. The Bertz CT molecular complexity index is 344. The molecule has 1 unspecified atom stereocenters. The van der Waals surface area contributed by atoms with Crippen LogP contribution in [-0.2, 0) is 6.42 Å². The summed E-state index contributed by atoms with van der Waals surface area (Å²) in [5.74, 6) is 0. The van der Waals surface area contributed by atoms with E-state index in [-0.39, 0.29) is 0 Å². The molecule has 0 aliphatic rings. The summed E-state index contributed by atoms with van der Waals surface area (Å²) in [6, 6.07) is 8.55. The molecule has 0 spiro atoms. The quantitative estimate of drug-likeness (QED) is 0.576. The van der Waals surface area contributed by atoms with Crippen LogP contribution in [0.2, 0.25) is 0 Å². The number of nitrogens with two attached hydrogens (primary N) is 1. The van der Waals surface area contributed by atoms with Crippen molar-refractivity contribution in [1.82, 2.24) is 4.90 Å². The van der Waals surface area contributed by atoms with Gasteiger partial charge in [0.25, 0.3) is 0 Å². The van der Waals surface area contributed by atoms with Crippen LogP contribution in [0.3, 0.4) is 0 Å². The SMILES string of the molecule is C=CCN(CC=C)C(C)Cc1ccc(N)cc1. The van der Waals surface area contributed by atoms with E-state index in [2.05, 4.69) is 37.1 Å². The summed E-state index contributed by atoms with van der Waals surface area (Å²) in [6.45, 7) is 11.6. The second-order valence-corrected chi connectivity index (χ2v) is 4.33. The van der Waals surface area contributed by atoms with Crippen LogP contribution in [0, 0.1) is 0 Å². The molecular weight excluding hydrogens is 208 g/mol. The Morgan fingerprint density at radius 2 is 1.71 bits per heavy atom. The topological polar surface area (TPSA) is 29.3 Å². The highest BCUT2D eigenvalue weighted by atomic mass is 15.1. The predicted molar refractivity (Wildman–Crippen MR) is 76.0 cm³/mol. The molecule has 2 N–H and O–H groups in total. The van der Waals surface area contributed by atoms with Crippen molar-refractivity contribution in [3.05, 3.63) is 55.1 Å². The number of anilines is 1. The Hall–Kier alpha value is -1.54. The summed E-state index contributed by atoms with van der Waals surface area (Å²) in [7, 11) is 0. The van der Waals surface area contributed by atoms with Crippen molar-refractivity contribution in [2.45, 2.75) is 19.4 Å². The van der Waals surface area contributed by atoms with Gasteiger partial charge in [-0.15, -0.1) is 13.2 Å². The number of nitrogens with zero attached hydrogens (tertiary/aromatic N) is 1. The van der Waals surface area contributed by atoms with Crippen LogP contribution in [0.1, 0.15) is 12.5 Å². The summed E-state index contributed by atoms with van der Waals surface area (Å²) in [4.78, 5) is 2.34. The van der Waals surface area contributed by atoms with Crippen LogP contribution >= 0.6 is 0 Å². The lowest BCUT2D eigenvalue weighted by Gasteiger charge is -2.26. The molecule has 1 aromatic rings. The summed E-state index contributed by atoms with van der Waals surface area (Å²) < 4.78 is 0. The highest BCUT2D eigenvalue weighted by Gasteiger charge is 2.11. The highest BCUT2D eigenvalue weighted by molar-refractivity contribution is 5.39. The molecule has 0 amide bonds. The number of hydrogen-bond acceptors (Lipinski definition) is 2. The molecule has 0 aromatic heterocycles. The van der Waals surface area contributed by atoms with E-state index >= 15 is 0 Å². The van der Waals surface area contributed by atoms with Gasteiger partial charge in [0.15, 0.2) is 0 Å². The van der Waals surface area contributed by atoms with Crippen molar-refractivity contribution in [2.24, 2.45) is 0 Å². The molecule has 0 radical (unpaired) electrons. The van der Waals surface area contributed by atoms with Crippen LogP contribution in [0.4, 0.5) is 5.69 Å². The zero-order chi connectivity index (χ0) is 12.7. The van der Waals surface area contributed by atoms with Crippen molar-refractivity contribution in [2.75, 3.05) is 18.8 Å². The van der Waals surface area contributed by atoms with Crippen LogP contribution < -0.4 is 5.73 Å². The average Bonchev–Trinajstić information content (AvgIpc) is 2.32. The monoisotopic (exact) mass is 230 g/mol. The third-order valence-electron chi connectivity index (χ3n) is 2.86. The molecule has 0 aliphatic carbocycles. The largest absolute Gasteiger partial charge is 0.399 e. The third kappa shape index (κ3) is 4.45. The standard InChI is InChI=1S/C15H22N2/c1-4-10-17(11-5-2)13(3)12-14-6-8-15(16)9-7-14/h4-9,13H,1-2,10-12,16H2,3H3. The summed E-state index contributed by atoms with van der Waals surface area (Å²) >= 11 is 0. The van der Waals surface area contributed by atoms with Gasteiger partial charge in [-0.2, -0.15) is 0 Å². The van der Waals surface area contributed by atoms with Crippen molar-refractivity contribution >= 4 is 5.69 Å². The van der Waals surface area contributed by atoms with Crippen LogP contribution in [0.25, 0.3) is 0 Å². The zero-order valence-electron chi connectivity index (χ0n) is 10.6. The summed E-state index contributed by atoms with van der Waals surface area (Å²) in [6.07, 6.45) is 4.88. The molecule has 17 heavy (non-hydrogen) atoms. The zero-order valence-corrected chi connectivity index (χ0v) is 10.6. The molecule has 0 saturated carbocycles. The second kappa shape index (κ2) is 6.92. The van der Waals surface area contributed by atoms with Crippen LogP contribution in [-0.4, -0.2) is 24.0 Å². The van der Waals surface area contributed by atoms with Gasteiger partial charge in [-0.3, -0.25) is 4.90 Å². The Morgan fingerprint density at radius 3 is 2.18 bits per heavy atom. The first-order valence-corrected chi connectivity index (χ1v) is 5.97. The fourth-order valence-corrected chi connectivity index (χ4v) is 1.89. The molecule has 0 bridgehead atoms. The van der Waals surface area contributed by atoms with E-state index in [0.29, 0.717) is 6.04 Å². The van der Waals surface area contributed by atoms with Gasteiger partial charge in [-0.05, 0) is 31.0 Å². The second-order valence-electron chi connectivity index (χ2n) is 4.33. The van der Waals surface area contributed by atoms with Gasteiger partial charge in [0, 0.05) is 24.8 Å². The minimum atomic E-state index is 0.467. The summed E-state index contributed by atoms with van der Waals surface area (Å²) in [5.41, 5.74) is 7.80. The molecule has 1 atom stereocenters. The maximum Gasteiger partial charge on any atom is 0.0314 e. The van der Waals surface area contributed by atoms with Crippen molar-refractivity contribution < 1.29 is 0 Å². The van der Waals surface area contributed by atoms with Crippen LogP contribution in [0.5, 0.6) is 0 Å². The van der Waals surface area contributed by atoms with Crippen LogP contribution in [0.15, 0.2) is 49.6 Å². The number of benzene rings is 1. The van der Waals surface area contributed by atoms with Gasteiger partial charge in [-0.1, -0.05) is 24.3 Å². The number of rotatable bonds is 7. The molecule has 0 aliphatic heterocycles. The Balaban J connectivity index is 2.61. The van der Waals surface area contributed by atoms with Gasteiger partial charge in [-0.25, -0.2) is 0 Å². The van der Waals surface area contributed by atoms with E-state index in [1.165, 1.54) is 5.56 Å². The van der Waals surface area contributed by atoms with Gasteiger partial charge >= 0.3 is 0 Å². The first-order valence-electron chi connectivity index (χ1n) is 5.97. The van der Waals surface area contributed by atoms with E-state index in [1.807, 2.05) is 24.3 Å². The molecule has 2 nitrogen and oxygen atoms in total. The lowest BCUT2D eigenvalue weighted by molar-refractivity contribution is 0.255. The van der Waals surface area contributed by atoms with E-state index in [1.54, 1.807) is 0 Å². The predicted octanol–water partition coefficient (Wildman–Crippen LogP) is 2.87. The molecule has 1 aromatic carbocycles. The maximum absolute atomic E-state index is 5.68. The normalized spacial score (nSPS) is 12.4. The molecule has 0 fully saturated rings. The fourth-order valence-electron chi connectivity index (χ4n) is 1.89. The highest BCUT2D eigenvalue weighted by Crippen LogP contribution is 2.11.